The maximum absolute atomic E-state index is 12.9. The van der Waals surface area contributed by atoms with E-state index in [9.17, 15) is 20.0 Å². The van der Waals surface area contributed by atoms with Gasteiger partial charge in [-0.05, 0) is 63.7 Å². The summed E-state index contributed by atoms with van der Waals surface area (Å²) >= 11 is 7.39. The molecule has 0 atom stereocenters. The SMILES string of the molecule is CCn1c(O)c(/C=C/C=C(\C#N)c2cc[n+]3c(c2)C(C)(C)c2cc(CNC(=O)CI)ccc2-3)c(=O)n(CC)c1=S. The Kier molecular flexibility index (Phi) is 8.75. The van der Waals surface area contributed by atoms with Gasteiger partial charge in [0, 0.05) is 49.0 Å². The van der Waals surface area contributed by atoms with E-state index < -0.39 is 0 Å². The zero-order chi connectivity index (χ0) is 29.2. The molecule has 0 fully saturated rings. The Labute approximate surface area is 252 Å². The average Bonchev–Trinajstić information content (AvgIpc) is 3.17. The van der Waals surface area contributed by atoms with Crippen LogP contribution in [0.4, 0.5) is 0 Å². The van der Waals surface area contributed by atoms with Crippen LogP contribution < -0.4 is 15.4 Å². The third-order valence-corrected chi connectivity index (χ3v) is 8.36. The van der Waals surface area contributed by atoms with Crippen molar-refractivity contribution in [2.75, 3.05) is 4.43 Å². The second-order valence-electron chi connectivity index (χ2n) is 9.92. The van der Waals surface area contributed by atoms with Gasteiger partial charge in [-0.3, -0.25) is 18.7 Å². The molecule has 3 aromatic rings. The number of pyridine rings is 1. The number of hydrogen-bond acceptors (Lipinski definition) is 5. The molecule has 1 aromatic carbocycles. The van der Waals surface area contributed by atoms with Gasteiger partial charge >= 0.3 is 0 Å². The van der Waals surface area contributed by atoms with Crippen LogP contribution in [0, 0.1) is 16.1 Å². The molecule has 0 bridgehead atoms. The summed E-state index contributed by atoms with van der Waals surface area (Å²) in [6.07, 6.45) is 6.72. The average molecular weight is 669 g/mol. The fourth-order valence-corrected chi connectivity index (χ4v) is 5.70. The van der Waals surface area contributed by atoms with Gasteiger partial charge in [0.2, 0.25) is 17.5 Å². The van der Waals surface area contributed by atoms with E-state index in [1.807, 2.05) is 60.8 Å². The first-order chi connectivity index (χ1) is 19.1. The molecule has 206 valence electrons. The molecule has 4 rings (SSSR count). The number of amides is 1. The molecule has 2 aromatic heterocycles. The summed E-state index contributed by atoms with van der Waals surface area (Å²) in [7, 11) is 0. The van der Waals surface area contributed by atoms with Crippen molar-refractivity contribution < 1.29 is 14.5 Å². The van der Waals surface area contributed by atoms with Gasteiger partial charge in [-0.25, -0.2) is 0 Å². The van der Waals surface area contributed by atoms with Crippen LogP contribution in [-0.4, -0.2) is 24.6 Å². The van der Waals surface area contributed by atoms with E-state index in [1.54, 1.807) is 12.2 Å². The highest BCUT2D eigenvalue weighted by molar-refractivity contribution is 14.1. The number of aromatic nitrogens is 3. The molecule has 0 aliphatic carbocycles. The molecule has 0 radical (unpaired) electrons. The first kappa shape index (κ1) is 29.4. The van der Waals surface area contributed by atoms with Gasteiger partial charge in [-0.2, -0.15) is 9.83 Å². The highest BCUT2D eigenvalue weighted by Crippen LogP contribution is 2.39. The first-order valence-corrected chi connectivity index (χ1v) is 14.9. The summed E-state index contributed by atoms with van der Waals surface area (Å²) in [5, 5.41) is 23.6. The summed E-state index contributed by atoms with van der Waals surface area (Å²) in [4.78, 5) is 24.6. The first-order valence-electron chi connectivity index (χ1n) is 13.0. The molecule has 1 aliphatic heterocycles. The summed E-state index contributed by atoms with van der Waals surface area (Å²) in [6.45, 7) is 9.23. The van der Waals surface area contributed by atoms with Crippen molar-refractivity contribution in [2.24, 2.45) is 0 Å². The molecule has 40 heavy (non-hydrogen) atoms. The summed E-state index contributed by atoms with van der Waals surface area (Å²) in [5.74, 6) is -0.187. The minimum absolute atomic E-state index is 0.000674. The number of nitrogens with one attached hydrogen (secondary N) is 1. The van der Waals surface area contributed by atoms with Crippen LogP contribution >= 0.6 is 34.8 Å². The molecule has 8 nitrogen and oxygen atoms in total. The van der Waals surface area contributed by atoms with Crippen LogP contribution in [0.1, 0.15) is 55.6 Å². The van der Waals surface area contributed by atoms with Crippen LogP contribution in [0.15, 0.2) is 53.5 Å². The van der Waals surface area contributed by atoms with Crippen molar-refractivity contribution in [1.29, 1.82) is 5.26 Å². The molecule has 0 saturated heterocycles. The lowest BCUT2D eigenvalue weighted by Crippen LogP contribution is -2.34. The van der Waals surface area contributed by atoms with Gasteiger partial charge in [-0.15, -0.1) is 0 Å². The molecule has 0 saturated carbocycles. The lowest BCUT2D eigenvalue weighted by Gasteiger charge is -2.15. The molecule has 0 spiro atoms. The predicted octanol–water partition coefficient (Wildman–Crippen LogP) is 4.71. The normalized spacial score (nSPS) is 13.7. The van der Waals surface area contributed by atoms with Crippen LogP contribution in [0.25, 0.3) is 17.3 Å². The van der Waals surface area contributed by atoms with Crippen molar-refractivity contribution in [1.82, 2.24) is 14.5 Å². The predicted molar refractivity (Wildman–Crippen MR) is 166 cm³/mol. The number of aromatic hydroxyl groups is 1. The second-order valence-corrected chi connectivity index (χ2v) is 11.1. The van der Waals surface area contributed by atoms with Crippen molar-refractivity contribution in [3.05, 3.63) is 91.8 Å². The maximum atomic E-state index is 12.9. The quantitative estimate of drug-likeness (QED) is 0.0905. The maximum Gasteiger partial charge on any atom is 0.265 e. The zero-order valence-electron chi connectivity index (χ0n) is 22.9. The smallest absolute Gasteiger partial charge is 0.265 e. The number of alkyl halides is 1. The van der Waals surface area contributed by atoms with Crippen molar-refractivity contribution in [2.45, 2.75) is 52.7 Å². The Morgan fingerprint density at radius 3 is 2.60 bits per heavy atom. The highest BCUT2D eigenvalue weighted by atomic mass is 127. The van der Waals surface area contributed by atoms with E-state index in [0.29, 0.717) is 29.6 Å². The van der Waals surface area contributed by atoms with Crippen LogP contribution in [0.3, 0.4) is 0 Å². The van der Waals surface area contributed by atoms with Gasteiger partial charge in [0.1, 0.15) is 5.56 Å². The van der Waals surface area contributed by atoms with Crippen LogP contribution in [0.2, 0.25) is 0 Å². The van der Waals surface area contributed by atoms with Crippen molar-refractivity contribution in [3.63, 3.8) is 0 Å². The van der Waals surface area contributed by atoms with Crippen molar-refractivity contribution in [3.8, 4) is 17.6 Å². The number of carbonyl (C=O) groups excluding carboxylic acids is 1. The summed E-state index contributed by atoms with van der Waals surface area (Å²) in [6, 6.07) is 12.4. The molecule has 1 amide bonds. The van der Waals surface area contributed by atoms with Gasteiger partial charge in [0.05, 0.1) is 21.5 Å². The van der Waals surface area contributed by atoms with Gasteiger partial charge in [-0.1, -0.05) is 34.7 Å². The van der Waals surface area contributed by atoms with Gasteiger partial charge in [0.15, 0.2) is 16.7 Å². The number of benzene rings is 1. The highest BCUT2D eigenvalue weighted by Gasteiger charge is 2.43. The van der Waals surface area contributed by atoms with E-state index in [0.717, 1.165) is 28.1 Å². The monoisotopic (exact) mass is 668 g/mol. The minimum atomic E-state index is -0.375. The Balaban J connectivity index is 1.69. The molecule has 1 aliphatic rings. The fraction of sp³-hybridized carbons (Fsp3) is 0.300. The number of fused-ring (bicyclic) bond motifs is 3. The number of hydrogen-bond donors (Lipinski definition) is 2. The fourth-order valence-electron chi connectivity index (χ4n) is 5.01. The third kappa shape index (κ3) is 5.28. The minimum Gasteiger partial charge on any atom is -0.494 e. The second kappa shape index (κ2) is 11.9. The Bertz CT molecular complexity index is 1730. The Morgan fingerprint density at radius 2 is 1.95 bits per heavy atom. The topological polar surface area (TPSA) is 104 Å². The number of rotatable bonds is 8. The number of nitriles is 1. The number of nitrogens with zero attached hydrogens (tertiary/aromatic N) is 4. The van der Waals surface area contributed by atoms with Gasteiger partial charge in [0.25, 0.3) is 5.56 Å². The zero-order valence-corrected chi connectivity index (χ0v) is 25.8. The van der Waals surface area contributed by atoms with E-state index >= 15 is 0 Å². The van der Waals surface area contributed by atoms with Crippen molar-refractivity contribution >= 4 is 52.4 Å². The molecule has 10 heteroatoms. The Morgan fingerprint density at radius 1 is 1.23 bits per heavy atom. The Hall–Kier alpha value is -3.56. The molecular formula is C30H31IN5O3S+. The van der Waals surface area contributed by atoms with Crippen LogP contribution in [-0.2, 0) is 29.8 Å². The number of carbonyl (C=O) groups is 1. The number of halogens is 1. The van der Waals surface area contributed by atoms with E-state index in [2.05, 4.69) is 41.9 Å². The summed E-state index contributed by atoms with van der Waals surface area (Å²) in [5.41, 5.74) is 4.85. The van der Waals surface area contributed by atoms with E-state index in [-0.39, 0.29) is 33.1 Å². The van der Waals surface area contributed by atoms with E-state index in [1.165, 1.54) is 15.2 Å². The molecule has 3 heterocycles. The standard InChI is InChI=1S/C30H30IN5O3S/c1-5-34-27(38)22(28(39)35(6-2)29(34)40)9-7-8-21(17-32)20-12-13-36-24-11-10-19(18-33-26(37)16-31)14-23(24)30(3,4)25(36)15-20/h7-15H,5-6,16,18H2,1-4H3,(H,33,37)/p+1. The third-order valence-electron chi connectivity index (χ3n) is 7.22. The lowest BCUT2D eigenvalue weighted by atomic mass is 9.82. The van der Waals surface area contributed by atoms with Crippen LogP contribution in [0.5, 0.6) is 5.88 Å². The molecule has 2 N–H and O–H groups in total. The van der Waals surface area contributed by atoms with Gasteiger partial charge < -0.3 is 10.4 Å². The molecular weight excluding hydrogens is 637 g/mol. The lowest BCUT2D eigenvalue weighted by molar-refractivity contribution is -0.599. The largest absolute Gasteiger partial charge is 0.494 e. The van der Waals surface area contributed by atoms with E-state index in [4.69, 9.17) is 12.2 Å². The number of allylic oxidation sites excluding steroid dienone is 3. The molecule has 0 unspecified atom stereocenters. The summed E-state index contributed by atoms with van der Waals surface area (Å²) < 4.78 is 5.76.